The lowest BCUT2D eigenvalue weighted by Gasteiger charge is -2.00. The Bertz CT molecular complexity index is 408. The van der Waals surface area contributed by atoms with Gasteiger partial charge in [0.25, 0.3) is 0 Å². The number of carbonyl (C=O) groups is 1. The van der Waals surface area contributed by atoms with E-state index < -0.39 is 11.7 Å². The minimum Gasteiger partial charge on any atom is -0.399 e. The van der Waals surface area contributed by atoms with Gasteiger partial charge in [-0.05, 0) is 24.3 Å². The van der Waals surface area contributed by atoms with Crippen LogP contribution in [0.5, 0.6) is 0 Å². The maximum Gasteiger partial charge on any atom is 0.195 e. The average Bonchev–Trinajstić information content (AvgIpc) is 2.20. The molecular formula is C10H7N3O. The first-order valence-corrected chi connectivity index (χ1v) is 3.88. The standard InChI is InChI=1S/C10H7N3O/c11-5-8(6-12)10(14)7-1-3-9(13)4-2-7/h1-4,8H,13H2. The van der Waals surface area contributed by atoms with E-state index in [0.29, 0.717) is 11.3 Å². The monoisotopic (exact) mass is 185 g/mol. The Balaban J connectivity index is 2.97. The molecule has 0 saturated carbocycles. The Morgan fingerprint density at radius 2 is 1.71 bits per heavy atom. The summed E-state index contributed by atoms with van der Waals surface area (Å²) < 4.78 is 0. The second-order valence-electron chi connectivity index (χ2n) is 2.68. The minimum atomic E-state index is -1.24. The van der Waals surface area contributed by atoms with Crippen molar-refractivity contribution in [1.82, 2.24) is 0 Å². The van der Waals surface area contributed by atoms with E-state index in [2.05, 4.69) is 0 Å². The summed E-state index contributed by atoms with van der Waals surface area (Å²) in [6.07, 6.45) is 0. The maximum atomic E-state index is 11.4. The number of Topliss-reactive ketones (excluding diaryl/α,β-unsaturated/α-hetero) is 1. The molecule has 0 aliphatic carbocycles. The molecule has 0 atom stereocenters. The van der Waals surface area contributed by atoms with Gasteiger partial charge < -0.3 is 5.73 Å². The second kappa shape index (κ2) is 4.06. The smallest absolute Gasteiger partial charge is 0.195 e. The summed E-state index contributed by atoms with van der Waals surface area (Å²) in [6.45, 7) is 0. The van der Waals surface area contributed by atoms with Crippen LogP contribution in [0.4, 0.5) is 5.69 Å². The molecular weight excluding hydrogens is 178 g/mol. The van der Waals surface area contributed by atoms with Crippen molar-refractivity contribution in [3.05, 3.63) is 29.8 Å². The highest BCUT2D eigenvalue weighted by Crippen LogP contribution is 2.10. The molecule has 0 heterocycles. The Morgan fingerprint density at radius 3 is 2.14 bits per heavy atom. The highest BCUT2D eigenvalue weighted by atomic mass is 16.1. The van der Waals surface area contributed by atoms with Gasteiger partial charge >= 0.3 is 0 Å². The number of rotatable bonds is 2. The lowest BCUT2D eigenvalue weighted by molar-refractivity contribution is 0.0971. The molecule has 4 heteroatoms. The minimum absolute atomic E-state index is 0.326. The number of anilines is 1. The van der Waals surface area contributed by atoms with Crippen molar-refractivity contribution in [2.45, 2.75) is 0 Å². The fraction of sp³-hybridized carbons (Fsp3) is 0.100. The highest BCUT2D eigenvalue weighted by molar-refractivity contribution is 6.01. The normalized spacial score (nSPS) is 9.07. The number of nitrogens with two attached hydrogens (primary N) is 1. The van der Waals surface area contributed by atoms with Crippen molar-refractivity contribution in [3.8, 4) is 12.1 Å². The molecule has 0 aromatic heterocycles. The number of nitriles is 2. The van der Waals surface area contributed by atoms with E-state index in [-0.39, 0.29) is 0 Å². The molecule has 0 unspecified atom stereocenters. The van der Waals surface area contributed by atoms with Gasteiger partial charge in [-0.15, -0.1) is 0 Å². The van der Waals surface area contributed by atoms with E-state index >= 15 is 0 Å². The van der Waals surface area contributed by atoms with Crippen LogP contribution < -0.4 is 5.73 Å². The van der Waals surface area contributed by atoms with Gasteiger partial charge in [-0.2, -0.15) is 10.5 Å². The highest BCUT2D eigenvalue weighted by Gasteiger charge is 2.18. The molecule has 0 saturated heterocycles. The molecule has 0 amide bonds. The molecule has 1 rings (SSSR count). The number of ketones is 1. The molecule has 0 aliphatic rings. The van der Waals surface area contributed by atoms with Gasteiger partial charge in [-0.3, -0.25) is 4.79 Å². The van der Waals surface area contributed by atoms with Crippen molar-refractivity contribution in [2.24, 2.45) is 5.92 Å². The molecule has 1 aromatic carbocycles. The zero-order valence-corrected chi connectivity index (χ0v) is 7.27. The zero-order valence-electron chi connectivity index (χ0n) is 7.27. The van der Waals surface area contributed by atoms with E-state index in [4.69, 9.17) is 16.3 Å². The zero-order chi connectivity index (χ0) is 10.6. The summed E-state index contributed by atoms with van der Waals surface area (Å²) in [4.78, 5) is 11.4. The SMILES string of the molecule is N#CC(C#N)C(=O)c1ccc(N)cc1. The number of carbonyl (C=O) groups excluding carboxylic acids is 1. The summed E-state index contributed by atoms with van der Waals surface area (Å²) in [5.41, 5.74) is 6.29. The lowest BCUT2D eigenvalue weighted by atomic mass is 10.0. The van der Waals surface area contributed by atoms with Gasteiger partial charge in [-0.25, -0.2) is 0 Å². The molecule has 0 spiro atoms. The predicted octanol–water partition coefficient (Wildman–Crippen LogP) is 1.11. The van der Waals surface area contributed by atoms with Gasteiger partial charge in [0.1, 0.15) is 0 Å². The van der Waals surface area contributed by atoms with Gasteiger partial charge in [0.2, 0.25) is 0 Å². The van der Waals surface area contributed by atoms with Crippen LogP contribution in [0, 0.1) is 28.6 Å². The fourth-order valence-electron chi connectivity index (χ4n) is 0.960. The van der Waals surface area contributed by atoms with Crippen molar-refractivity contribution in [1.29, 1.82) is 10.5 Å². The van der Waals surface area contributed by atoms with Crippen LogP contribution >= 0.6 is 0 Å². The maximum absolute atomic E-state index is 11.4. The van der Waals surface area contributed by atoms with Crippen LogP contribution in [-0.4, -0.2) is 5.78 Å². The van der Waals surface area contributed by atoms with Gasteiger partial charge in [0.05, 0.1) is 12.1 Å². The number of hydrogen-bond acceptors (Lipinski definition) is 4. The molecule has 0 aliphatic heterocycles. The number of nitrogens with zero attached hydrogens (tertiary/aromatic N) is 2. The first kappa shape index (κ1) is 9.76. The van der Waals surface area contributed by atoms with Crippen molar-refractivity contribution < 1.29 is 4.79 Å². The van der Waals surface area contributed by atoms with Crippen molar-refractivity contribution in [2.75, 3.05) is 5.73 Å². The average molecular weight is 185 g/mol. The van der Waals surface area contributed by atoms with E-state index in [1.807, 2.05) is 0 Å². The third kappa shape index (κ3) is 1.88. The lowest BCUT2D eigenvalue weighted by Crippen LogP contribution is -2.10. The number of hydrogen-bond donors (Lipinski definition) is 1. The summed E-state index contributed by atoms with van der Waals surface area (Å²) in [7, 11) is 0. The topological polar surface area (TPSA) is 90.7 Å². The summed E-state index contributed by atoms with van der Waals surface area (Å²) in [5.74, 6) is -1.73. The summed E-state index contributed by atoms with van der Waals surface area (Å²) >= 11 is 0. The Kier molecular flexibility index (Phi) is 2.83. The molecule has 1 aromatic rings. The van der Waals surface area contributed by atoms with Crippen LogP contribution in [0.25, 0.3) is 0 Å². The van der Waals surface area contributed by atoms with Gasteiger partial charge in [0.15, 0.2) is 11.7 Å². The fourth-order valence-corrected chi connectivity index (χ4v) is 0.960. The molecule has 2 N–H and O–H groups in total. The van der Waals surface area contributed by atoms with Crippen LogP contribution in [0.1, 0.15) is 10.4 Å². The van der Waals surface area contributed by atoms with E-state index in [9.17, 15) is 4.79 Å². The first-order valence-electron chi connectivity index (χ1n) is 3.88. The predicted molar refractivity (Wildman–Crippen MR) is 49.9 cm³/mol. The molecule has 14 heavy (non-hydrogen) atoms. The Morgan fingerprint density at radius 1 is 1.21 bits per heavy atom. The quantitative estimate of drug-likeness (QED) is 0.552. The largest absolute Gasteiger partial charge is 0.399 e. The summed E-state index contributed by atoms with van der Waals surface area (Å²) in [6, 6.07) is 9.35. The molecule has 68 valence electrons. The van der Waals surface area contributed by atoms with E-state index in [1.54, 1.807) is 24.3 Å². The number of benzene rings is 1. The van der Waals surface area contributed by atoms with Crippen LogP contribution in [0.2, 0.25) is 0 Å². The Hall–Kier alpha value is -2.33. The summed E-state index contributed by atoms with van der Waals surface area (Å²) in [5, 5.41) is 17.0. The van der Waals surface area contributed by atoms with Crippen LogP contribution in [0.3, 0.4) is 0 Å². The Labute approximate surface area is 81.2 Å². The molecule has 0 bridgehead atoms. The first-order chi connectivity index (χ1) is 6.69. The van der Waals surface area contributed by atoms with Gasteiger partial charge in [-0.1, -0.05) is 0 Å². The molecule has 0 radical (unpaired) electrons. The van der Waals surface area contributed by atoms with E-state index in [1.165, 1.54) is 12.1 Å². The second-order valence-corrected chi connectivity index (χ2v) is 2.68. The third-order valence-electron chi connectivity index (χ3n) is 1.72. The van der Waals surface area contributed by atoms with Crippen molar-refractivity contribution >= 4 is 11.5 Å². The van der Waals surface area contributed by atoms with E-state index in [0.717, 1.165) is 0 Å². The number of nitrogen functional groups attached to an aromatic ring is 1. The van der Waals surface area contributed by atoms with Crippen LogP contribution in [-0.2, 0) is 0 Å². The van der Waals surface area contributed by atoms with Crippen molar-refractivity contribution in [3.63, 3.8) is 0 Å². The third-order valence-corrected chi connectivity index (χ3v) is 1.72. The molecule has 4 nitrogen and oxygen atoms in total. The van der Waals surface area contributed by atoms with Gasteiger partial charge in [0, 0.05) is 11.3 Å². The van der Waals surface area contributed by atoms with Crippen LogP contribution in [0.15, 0.2) is 24.3 Å². The molecule has 0 fully saturated rings.